The van der Waals surface area contributed by atoms with E-state index in [4.69, 9.17) is 0 Å². The Bertz CT molecular complexity index is 2960. The lowest BCUT2D eigenvalue weighted by molar-refractivity contribution is 1.03. The first-order valence-electron chi connectivity index (χ1n) is 18.7. The van der Waals surface area contributed by atoms with Crippen LogP contribution in [0.1, 0.15) is 0 Å². The van der Waals surface area contributed by atoms with Gasteiger partial charge in [-0.25, -0.2) is 0 Å². The van der Waals surface area contributed by atoms with Gasteiger partial charge in [0.05, 0.1) is 46.9 Å². The van der Waals surface area contributed by atoms with E-state index >= 15 is 0 Å². The average molecular weight is 717 g/mol. The molecule has 0 atom stereocenters. The van der Waals surface area contributed by atoms with Gasteiger partial charge in [0.1, 0.15) is 0 Å². The zero-order valence-corrected chi connectivity index (χ0v) is 30.2. The summed E-state index contributed by atoms with van der Waals surface area (Å²) in [6, 6.07) is 61.2. The Morgan fingerprint density at radius 1 is 0.268 bits per heavy atom. The Hall–Kier alpha value is -7.70. The summed E-state index contributed by atoms with van der Waals surface area (Å²) in [4.78, 5) is 0. The van der Waals surface area contributed by atoms with Crippen LogP contribution in [0.25, 0.3) is 99.5 Å². The molecule has 0 radical (unpaired) electrons. The molecule has 0 saturated heterocycles. The minimum absolute atomic E-state index is 1.06. The summed E-state index contributed by atoms with van der Waals surface area (Å²) < 4.78 is 4.82. The van der Waals surface area contributed by atoms with Crippen molar-refractivity contribution in [3.8, 4) is 55.9 Å². The number of rotatable bonds is 6. The molecule has 0 N–H and O–H groups in total. The summed E-state index contributed by atoms with van der Waals surface area (Å²) in [7, 11) is 0. The fourth-order valence-electron chi connectivity index (χ4n) is 8.31. The fraction of sp³-hybridized carbons (Fsp3) is 0. The van der Waals surface area contributed by atoms with Crippen molar-refractivity contribution in [1.29, 1.82) is 0 Å². The van der Waals surface area contributed by atoms with E-state index in [-0.39, 0.29) is 0 Å². The molecule has 4 aromatic heterocycles. The van der Waals surface area contributed by atoms with Gasteiger partial charge in [0.15, 0.2) is 0 Å². The molecule has 0 spiro atoms. The van der Waals surface area contributed by atoms with Crippen LogP contribution in [-0.4, -0.2) is 29.5 Å². The third-order valence-corrected chi connectivity index (χ3v) is 11.0. The topological polar surface area (TPSA) is 61.4 Å². The first-order chi connectivity index (χ1) is 27.8. The molecular weight excluding hydrogens is 685 g/mol. The van der Waals surface area contributed by atoms with Gasteiger partial charge in [0.25, 0.3) is 0 Å². The Labute approximate surface area is 322 Å². The molecule has 0 aliphatic heterocycles. The van der Waals surface area contributed by atoms with Gasteiger partial charge in [-0.2, -0.15) is 20.4 Å². The standard InChI is InChI=1S/C50H32N6/c1-3-7-45-43(5-1)49-47(55(45)41-21-17-35(18-22-41)33-9-13-37(14-10-33)39-27-29-51-53-31-39)25-26-48-50(49)44-6-2-4-8-46(44)56(48)42-23-19-36(20-24-42)34-11-15-38(16-12-34)40-28-30-52-54-32-40/h1-32H. The Balaban J connectivity index is 1.000. The molecule has 0 saturated carbocycles. The maximum absolute atomic E-state index is 4.03. The van der Waals surface area contributed by atoms with Gasteiger partial charge in [-0.05, 0) is 94.0 Å². The van der Waals surface area contributed by atoms with Gasteiger partial charge >= 0.3 is 0 Å². The average Bonchev–Trinajstić information content (AvgIpc) is 3.80. The summed E-state index contributed by atoms with van der Waals surface area (Å²) in [5.74, 6) is 0. The van der Waals surface area contributed by atoms with Crippen LogP contribution >= 0.6 is 0 Å². The molecule has 0 fully saturated rings. The lowest BCUT2D eigenvalue weighted by Gasteiger charge is -2.11. The number of hydrogen-bond donors (Lipinski definition) is 0. The third kappa shape index (κ3) is 5.19. The van der Waals surface area contributed by atoms with E-state index in [0.29, 0.717) is 0 Å². The molecule has 262 valence electrons. The molecule has 11 rings (SSSR count). The van der Waals surface area contributed by atoms with Crippen LogP contribution in [0.3, 0.4) is 0 Å². The molecule has 0 bridgehead atoms. The molecule has 56 heavy (non-hydrogen) atoms. The van der Waals surface area contributed by atoms with Gasteiger partial charge < -0.3 is 9.13 Å². The molecule has 11 aromatic rings. The smallest absolute Gasteiger partial charge is 0.0574 e. The second-order valence-corrected chi connectivity index (χ2v) is 14.1. The van der Waals surface area contributed by atoms with Crippen LogP contribution in [0.4, 0.5) is 0 Å². The minimum atomic E-state index is 1.06. The first-order valence-corrected chi connectivity index (χ1v) is 18.7. The van der Waals surface area contributed by atoms with E-state index in [1.807, 2.05) is 12.1 Å². The maximum atomic E-state index is 4.03. The van der Waals surface area contributed by atoms with Crippen LogP contribution in [0.2, 0.25) is 0 Å². The van der Waals surface area contributed by atoms with Crippen LogP contribution in [0.15, 0.2) is 195 Å². The number of para-hydroxylation sites is 2. The zero-order valence-electron chi connectivity index (χ0n) is 30.2. The zero-order chi connectivity index (χ0) is 37.0. The highest BCUT2D eigenvalue weighted by Crippen LogP contribution is 2.42. The van der Waals surface area contributed by atoms with E-state index in [1.165, 1.54) is 65.9 Å². The SMILES string of the molecule is c1ccc2c(c1)c1c3c4ccccc4n(-c4ccc(-c5ccc(-c6ccnnc6)cc5)cc4)c3ccc1n2-c1ccc(-c2ccc(-c3ccnnc3)cc2)cc1. The van der Waals surface area contributed by atoms with Crippen molar-refractivity contribution in [3.05, 3.63) is 195 Å². The van der Waals surface area contributed by atoms with Gasteiger partial charge in [-0.1, -0.05) is 109 Å². The van der Waals surface area contributed by atoms with Crippen molar-refractivity contribution in [2.45, 2.75) is 0 Å². The number of benzene rings is 7. The maximum Gasteiger partial charge on any atom is 0.0574 e. The van der Waals surface area contributed by atoms with Gasteiger partial charge in [0.2, 0.25) is 0 Å². The van der Waals surface area contributed by atoms with Crippen molar-refractivity contribution in [1.82, 2.24) is 29.5 Å². The van der Waals surface area contributed by atoms with Crippen molar-refractivity contribution in [2.24, 2.45) is 0 Å². The normalized spacial score (nSPS) is 11.6. The summed E-state index contributed by atoms with van der Waals surface area (Å²) in [5, 5.41) is 20.9. The minimum Gasteiger partial charge on any atom is -0.309 e. The monoisotopic (exact) mass is 716 g/mol. The molecule has 0 aliphatic rings. The predicted molar refractivity (Wildman–Crippen MR) is 228 cm³/mol. The van der Waals surface area contributed by atoms with Crippen LogP contribution in [0, 0.1) is 0 Å². The summed E-state index contributed by atoms with van der Waals surface area (Å²) in [6.07, 6.45) is 7.04. The Kier molecular flexibility index (Phi) is 7.38. The molecule has 4 heterocycles. The van der Waals surface area contributed by atoms with Crippen molar-refractivity contribution < 1.29 is 0 Å². The molecule has 0 aliphatic carbocycles. The number of hydrogen-bond acceptors (Lipinski definition) is 4. The summed E-state index contributed by atoms with van der Waals surface area (Å²) in [6.45, 7) is 0. The van der Waals surface area contributed by atoms with Gasteiger partial charge in [-0.3, -0.25) is 0 Å². The predicted octanol–water partition coefficient (Wildman–Crippen LogP) is 12.1. The molecule has 0 unspecified atom stereocenters. The highest BCUT2D eigenvalue weighted by molar-refractivity contribution is 6.28. The lowest BCUT2D eigenvalue weighted by Crippen LogP contribution is -1.95. The van der Waals surface area contributed by atoms with Gasteiger partial charge in [-0.15, -0.1) is 0 Å². The molecule has 6 heteroatoms. The quantitative estimate of drug-likeness (QED) is 0.172. The van der Waals surface area contributed by atoms with Crippen LogP contribution in [0.5, 0.6) is 0 Å². The lowest BCUT2D eigenvalue weighted by atomic mass is 10.0. The number of aromatic nitrogens is 6. The third-order valence-electron chi connectivity index (χ3n) is 11.0. The van der Waals surface area contributed by atoms with E-state index < -0.39 is 0 Å². The Morgan fingerprint density at radius 3 is 0.964 bits per heavy atom. The van der Waals surface area contributed by atoms with Crippen molar-refractivity contribution >= 4 is 43.6 Å². The number of nitrogens with zero attached hydrogens (tertiary/aromatic N) is 6. The summed E-state index contributed by atoms with van der Waals surface area (Å²) in [5.41, 5.74) is 16.0. The largest absolute Gasteiger partial charge is 0.309 e. The van der Waals surface area contributed by atoms with E-state index in [2.05, 4.69) is 187 Å². The second kappa shape index (κ2) is 13.0. The summed E-state index contributed by atoms with van der Waals surface area (Å²) >= 11 is 0. The fourth-order valence-corrected chi connectivity index (χ4v) is 8.31. The Morgan fingerprint density at radius 2 is 0.607 bits per heavy atom. The van der Waals surface area contributed by atoms with Crippen LogP contribution in [-0.2, 0) is 0 Å². The molecule has 7 aromatic carbocycles. The molecular formula is C50H32N6. The van der Waals surface area contributed by atoms with Crippen LogP contribution < -0.4 is 0 Å². The second-order valence-electron chi connectivity index (χ2n) is 14.1. The number of fused-ring (bicyclic) bond motifs is 7. The van der Waals surface area contributed by atoms with E-state index in [1.54, 1.807) is 24.8 Å². The first kappa shape index (κ1) is 31.8. The van der Waals surface area contributed by atoms with Crippen molar-refractivity contribution in [3.63, 3.8) is 0 Å². The van der Waals surface area contributed by atoms with E-state index in [9.17, 15) is 0 Å². The molecule has 0 amide bonds. The molecule has 6 nitrogen and oxygen atoms in total. The highest BCUT2D eigenvalue weighted by atomic mass is 15.1. The highest BCUT2D eigenvalue weighted by Gasteiger charge is 2.20. The van der Waals surface area contributed by atoms with E-state index in [0.717, 1.165) is 33.6 Å². The van der Waals surface area contributed by atoms with Gasteiger partial charge in [0, 0.05) is 44.0 Å². The van der Waals surface area contributed by atoms with Crippen molar-refractivity contribution in [2.75, 3.05) is 0 Å².